The van der Waals surface area contributed by atoms with Crippen molar-refractivity contribution in [2.24, 2.45) is 0 Å². The van der Waals surface area contributed by atoms with E-state index >= 15 is 0 Å². The van der Waals surface area contributed by atoms with Gasteiger partial charge in [-0.2, -0.15) is 0 Å². The van der Waals surface area contributed by atoms with Crippen LogP contribution >= 0.6 is 23.1 Å². The molecule has 3 N–H and O–H groups in total. The van der Waals surface area contributed by atoms with E-state index in [-0.39, 0.29) is 17.6 Å². The number of amides is 2. The van der Waals surface area contributed by atoms with E-state index in [1.54, 1.807) is 17.5 Å². The Bertz CT molecular complexity index is 1470. The van der Waals surface area contributed by atoms with Crippen molar-refractivity contribution >= 4 is 45.8 Å². The Morgan fingerprint density at radius 3 is 2.68 bits per heavy atom. The van der Waals surface area contributed by atoms with Gasteiger partial charge in [0.1, 0.15) is 0 Å². The lowest BCUT2D eigenvalue weighted by molar-refractivity contribution is -0.119. The number of hydrogen-bond acceptors (Lipinski definition) is 6. The number of carbonyl (C=O) groups excluding carboxylic acids is 2. The zero-order valence-electron chi connectivity index (χ0n) is 18.1. The zero-order chi connectivity index (χ0) is 23.5. The van der Waals surface area contributed by atoms with Crippen molar-refractivity contribution in [2.45, 2.75) is 12.1 Å². The first-order valence-corrected chi connectivity index (χ1v) is 12.3. The van der Waals surface area contributed by atoms with Crippen LogP contribution in [0.5, 0.6) is 0 Å². The minimum Gasteiger partial charge on any atom is -0.360 e. The third-order valence-corrected chi connectivity index (χ3v) is 7.01. The number of H-pyrrole nitrogens is 1. The van der Waals surface area contributed by atoms with E-state index in [0.29, 0.717) is 15.9 Å². The highest BCUT2D eigenvalue weighted by molar-refractivity contribution is 7.99. The maximum atomic E-state index is 12.4. The highest BCUT2D eigenvalue weighted by Crippen LogP contribution is 2.33. The number of fused-ring (bicyclic) bond motifs is 1. The van der Waals surface area contributed by atoms with Crippen molar-refractivity contribution in [3.05, 3.63) is 82.7 Å². The highest BCUT2D eigenvalue weighted by Gasteiger charge is 2.20. The van der Waals surface area contributed by atoms with Crippen LogP contribution in [0.15, 0.2) is 77.4 Å². The summed E-state index contributed by atoms with van der Waals surface area (Å²) in [6.07, 6.45) is 1.92. The van der Waals surface area contributed by atoms with Crippen molar-refractivity contribution in [3.63, 3.8) is 0 Å². The second-order valence-electron chi connectivity index (χ2n) is 7.44. The Morgan fingerprint density at radius 1 is 1.03 bits per heavy atom. The van der Waals surface area contributed by atoms with E-state index in [2.05, 4.69) is 26.0 Å². The molecule has 34 heavy (non-hydrogen) atoms. The number of hydrazine groups is 1. The van der Waals surface area contributed by atoms with Gasteiger partial charge in [0.05, 0.1) is 16.3 Å². The number of aryl methyl sites for hydroxylation is 1. The zero-order valence-corrected chi connectivity index (χ0v) is 19.7. The number of nitrogens with one attached hydrogen (secondary N) is 3. The summed E-state index contributed by atoms with van der Waals surface area (Å²) in [6, 6.07) is 19.4. The van der Waals surface area contributed by atoms with Gasteiger partial charge in [0.25, 0.3) is 5.91 Å². The third kappa shape index (κ3) is 4.33. The van der Waals surface area contributed by atoms with Crippen molar-refractivity contribution in [3.8, 4) is 17.1 Å². The first-order valence-electron chi connectivity index (χ1n) is 10.4. The summed E-state index contributed by atoms with van der Waals surface area (Å²) in [5.41, 5.74) is 8.81. The summed E-state index contributed by atoms with van der Waals surface area (Å²) in [6.45, 7) is 2.02. The Labute approximate surface area is 203 Å². The number of thiophene rings is 1. The van der Waals surface area contributed by atoms with E-state index in [9.17, 15) is 9.59 Å². The molecule has 0 unspecified atom stereocenters. The van der Waals surface area contributed by atoms with E-state index in [0.717, 1.165) is 27.7 Å². The third-order valence-electron chi connectivity index (χ3n) is 5.21. The minimum atomic E-state index is -0.349. The van der Waals surface area contributed by atoms with Crippen LogP contribution in [0.3, 0.4) is 0 Å². The number of aromatic amines is 1. The molecule has 2 aromatic carbocycles. The van der Waals surface area contributed by atoms with E-state index in [4.69, 9.17) is 0 Å². The minimum absolute atomic E-state index is 0.0582. The fourth-order valence-corrected chi connectivity index (χ4v) is 4.95. The Kier molecular flexibility index (Phi) is 6.15. The molecule has 0 saturated carbocycles. The largest absolute Gasteiger partial charge is 0.360 e. The van der Waals surface area contributed by atoms with E-state index < -0.39 is 0 Å². The lowest BCUT2D eigenvalue weighted by Gasteiger charge is -2.12. The molecule has 5 aromatic rings. The molecular formula is C24H20N6O2S2. The van der Waals surface area contributed by atoms with Gasteiger partial charge in [-0.05, 0) is 36.1 Å². The number of rotatable bonds is 6. The van der Waals surface area contributed by atoms with Crippen LogP contribution in [0.25, 0.3) is 28.0 Å². The van der Waals surface area contributed by atoms with E-state index in [1.165, 1.54) is 23.1 Å². The van der Waals surface area contributed by atoms with E-state index in [1.807, 2.05) is 66.2 Å². The van der Waals surface area contributed by atoms with Crippen LogP contribution in [0.1, 0.15) is 15.2 Å². The maximum absolute atomic E-state index is 12.4. The quantitative estimate of drug-likeness (QED) is 0.244. The highest BCUT2D eigenvalue weighted by atomic mass is 32.2. The predicted octanol–water partition coefficient (Wildman–Crippen LogP) is 4.34. The van der Waals surface area contributed by atoms with Crippen molar-refractivity contribution in [1.29, 1.82) is 0 Å². The average Bonchev–Trinajstić information content (AvgIpc) is 3.61. The van der Waals surface area contributed by atoms with Gasteiger partial charge < -0.3 is 4.98 Å². The smallest absolute Gasteiger partial charge is 0.279 e. The molecule has 170 valence electrons. The molecule has 3 heterocycles. The number of aromatic nitrogens is 4. The molecule has 0 aliphatic heterocycles. The first kappa shape index (κ1) is 21.9. The summed E-state index contributed by atoms with van der Waals surface area (Å²) < 4.78 is 1.97. The molecule has 0 radical (unpaired) electrons. The van der Waals surface area contributed by atoms with Crippen LogP contribution in [-0.4, -0.2) is 37.3 Å². The van der Waals surface area contributed by atoms with Crippen molar-refractivity contribution in [1.82, 2.24) is 30.6 Å². The molecule has 0 aliphatic rings. The molecule has 2 amide bonds. The summed E-state index contributed by atoms with van der Waals surface area (Å²) in [5.74, 6) is 0.0457. The summed E-state index contributed by atoms with van der Waals surface area (Å²) in [4.78, 5) is 28.3. The van der Waals surface area contributed by atoms with Gasteiger partial charge in [0.2, 0.25) is 5.91 Å². The molecule has 5 rings (SSSR count). The van der Waals surface area contributed by atoms with Crippen LogP contribution < -0.4 is 10.9 Å². The Hall–Kier alpha value is -3.89. The van der Waals surface area contributed by atoms with Crippen molar-refractivity contribution < 1.29 is 9.59 Å². The molecule has 0 spiro atoms. The summed E-state index contributed by atoms with van der Waals surface area (Å²) in [7, 11) is 0. The van der Waals surface area contributed by atoms with Crippen LogP contribution in [0, 0.1) is 6.92 Å². The molecule has 0 aliphatic carbocycles. The fourth-order valence-electron chi connectivity index (χ4n) is 3.59. The van der Waals surface area contributed by atoms with Crippen molar-refractivity contribution in [2.75, 3.05) is 5.75 Å². The van der Waals surface area contributed by atoms with Gasteiger partial charge >= 0.3 is 0 Å². The molecule has 0 atom stereocenters. The molecule has 0 bridgehead atoms. The number of benzene rings is 2. The normalized spacial score (nSPS) is 11.0. The maximum Gasteiger partial charge on any atom is 0.279 e. The number of nitrogens with zero attached hydrogens (tertiary/aromatic N) is 3. The Balaban J connectivity index is 1.41. The molecule has 3 aromatic heterocycles. The number of para-hydroxylation sites is 2. The topological polar surface area (TPSA) is 105 Å². The average molecular weight is 489 g/mol. The second-order valence-corrected chi connectivity index (χ2v) is 9.33. The predicted molar refractivity (Wildman–Crippen MR) is 134 cm³/mol. The molecule has 0 fully saturated rings. The first-order chi connectivity index (χ1) is 16.6. The SMILES string of the molecule is Cc1ccccc1-n1c(SCC(=O)NNC(=O)c2cccs2)nnc1-c1c[nH]c2ccccc12. The van der Waals surface area contributed by atoms with Gasteiger partial charge in [-0.15, -0.1) is 21.5 Å². The van der Waals surface area contributed by atoms with Gasteiger partial charge in [-0.3, -0.25) is 25.0 Å². The Morgan fingerprint density at radius 2 is 1.85 bits per heavy atom. The van der Waals surface area contributed by atoms with Gasteiger partial charge in [0, 0.05) is 22.7 Å². The molecule has 10 heteroatoms. The van der Waals surface area contributed by atoms with Crippen LogP contribution in [0.2, 0.25) is 0 Å². The van der Waals surface area contributed by atoms with Crippen LogP contribution in [0.4, 0.5) is 0 Å². The second kappa shape index (κ2) is 9.54. The van der Waals surface area contributed by atoms with Gasteiger partial charge in [0.15, 0.2) is 11.0 Å². The van der Waals surface area contributed by atoms with Gasteiger partial charge in [-0.1, -0.05) is 54.2 Å². The number of thioether (sulfide) groups is 1. The number of hydrogen-bond donors (Lipinski definition) is 3. The molecular weight excluding hydrogens is 468 g/mol. The van der Waals surface area contributed by atoms with Crippen LogP contribution in [-0.2, 0) is 4.79 Å². The standard InChI is InChI=1S/C24H20N6O2S2/c1-15-7-2-5-10-19(15)30-22(17-13-25-18-9-4-3-8-16(17)18)27-29-24(30)34-14-21(31)26-28-23(32)20-11-6-12-33-20/h2-13,25H,14H2,1H3,(H,26,31)(H,28,32). The number of carbonyl (C=O) groups is 2. The lowest BCUT2D eigenvalue weighted by Crippen LogP contribution is -2.42. The summed E-state index contributed by atoms with van der Waals surface area (Å²) in [5, 5.41) is 12.3. The van der Waals surface area contributed by atoms with Gasteiger partial charge in [-0.25, -0.2) is 0 Å². The lowest BCUT2D eigenvalue weighted by atomic mass is 10.1. The fraction of sp³-hybridized carbons (Fsp3) is 0.0833. The monoisotopic (exact) mass is 488 g/mol. The molecule has 0 saturated heterocycles. The molecule has 8 nitrogen and oxygen atoms in total. The summed E-state index contributed by atoms with van der Waals surface area (Å²) >= 11 is 2.55.